The highest BCUT2D eigenvalue weighted by Crippen LogP contribution is 2.38. The van der Waals surface area contributed by atoms with Crippen LogP contribution in [0.2, 0.25) is 0 Å². The lowest BCUT2D eigenvalue weighted by molar-refractivity contribution is -0.305. The van der Waals surface area contributed by atoms with Crippen LogP contribution in [-0.2, 0) is 28.5 Å². The maximum Gasteiger partial charge on any atom is 0.311 e. The molecular formula is C45H68O17. The molecule has 3 aliphatic rings. The van der Waals surface area contributed by atoms with E-state index in [1.807, 2.05) is 25.2 Å². The molecule has 0 amide bonds. The summed E-state index contributed by atoms with van der Waals surface area (Å²) in [5.74, 6) is -6.24. The summed E-state index contributed by atoms with van der Waals surface area (Å²) in [6, 6.07) is 0. The molecule has 0 aromatic rings. The third-order valence-electron chi connectivity index (χ3n) is 10.8. The van der Waals surface area contributed by atoms with E-state index in [1.165, 1.54) is 0 Å². The van der Waals surface area contributed by atoms with E-state index in [9.17, 15) is 65.8 Å². The third kappa shape index (κ3) is 19.6. The maximum absolute atomic E-state index is 12.5. The summed E-state index contributed by atoms with van der Waals surface area (Å²) in [5.41, 5.74) is 0. The van der Waals surface area contributed by atoms with E-state index < -0.39 is 129 Å². The fourth-order valence-corrected chi connectivity index (χ4v) is 7.46. The molecule has 2 fully saturated rings. The zero-order valence-corrected chi connectivity index (χ0v) is 35.4. The third-order valence-corrected chi connectivity index (χ3v) is 10.8. The molecule has 2 saturated heterocycles. The lowest BCUT2D eigenvalue weighted by Crippen LogP contribution is -2.56. The number of fused-ring (bicyclic) bond motifs is 2. The second kappa shape index (κ2) is 27.0. The number of carboxylic acid groups (broad SMARTS) is 1. The van der Waals surface area contributed by atoms with Gasteiger partial charge in [-0.2, -0.15) is 0 Å². The molecule has 0 radical (unpaired) electrons. The molecule has 0 aromatic heterocycles. The summed E-state index contributed by atoms with van der Waals surface area (Å²) in [4.78, 5) is 24.8. The van der Waals surface area contributed by atoms with Crippen molar-refractivity contribution >= 4 is 11.9 Å². The summed E-state index contributed by atoms with van der Waals surface area (Å²) in [5, 5.41) is 117. The Morgan fingerprint density at radius 3 is 1.81 bits per heavy atom. The Bertz CT molecular complexity index is 1560. The summed E-state index contributed by atoms with van der Waals surface area (Å²) in [7, 11) is 0. The number of aliphatic hydroxyl groups is 10. The number of hydrogen-bond acceptors (Lipinski definition) is 16. The molecule has 11 N–H and O–H groups in total. The Balaban J connectivity index is 1.81. The van der Waals surface area contributed by atoms with Gasteiger partial charge in [-0.15, -0.1) is 0 Å². The number of cyclic esters (lactones) is 1. The minimum Gasteiger partial charge on any atom is -0.481 e. The van der Waals surface area contributed by atoms with Crippen LogP contribution in [0, 0.1) is 11.8 Å². The van der Waals surface area contributed by atoms with Crippen molar-refractivity contribution in [1.29, 1.82) is 0 Å². The first-order valence-electron chi connectivity index (χ1n) is 21.3. The lowest BCUT2D eigenvalue weighted by atomic mass is 9.82. The predicted molar refractivity (Wildman–Crippen MR) is 224 cm³/mol. The van der Waals surface area contributed by atoms with Crippen LogP contribution in [0.5, 0.6) is 0 Å². The number of esters is 1. The standard InChI is InChI=1S/C45H68O17/c1-28-15-13-11-9-7-5-3-4-6-8-10-12-14-16-34(61-44-38(53)22-33(49)27-59-44)24-40-42(43(56)57)39(54)26-45(58,62-40)25-32(48)21-37(52)35(50)18-17-30(46)20-31(47)23-41(55)60-29(2)19-36(28)51/h3-16,28-40,42,44,46-54,58H,17-27H2,1-2H3,(H,56,57)/b4-3-,7-5-,8-6-,11-9-,12-10-,15-13-,16-14-/t28-,29-,30?,31?,32?,33-,34?,35?,36-,37?,38-,39-,40-,42+,44?,45?/m0/s1. The second-order valence-electron chi connectivity index (χ2n) is 16.5. The molecule has 17 nitrogen and oxygen atoms in total. The summed E-state index contributed by atoms with van der Waals surface area (Å²) in [6.45, 7) is 3.32. The number of carbonyl (C=O) groups is 2. The zero-order chi connectivity index (χ0) is 45.8. The van der Waals surface area contributed by atoms with Gasteiger partial charge >= 0.3 is 11.9 Å². The van der Waals surface area contributed by atoms with Gasteiger partial charge in [0.25, 0.3) is 0 Å². The van der Waals surface area contributed by atoms with Crippen molar-refractivity contribution < 1.29 is 84.7 Å². The zero-order valence-electron chi connectivity index (χ0n) is 35.4. The highest BCUT2D eigenvalue weighted by molar-refractivity contribution is 5.71. The van der Waals surface area contributed by atoms with Gasteiger partial charge in [-0.05, 0) is 26.2 Å². The van der Waals surface area contributed by atoms with Crippen molar-refractivity contribution in [2.24, 2.45) is 11.8 Å². The Labute approximate surface area is 362 Å². The van der Waals surface area contributed by atoms with Crippen molar-refractivity contribution in [3.63, 3.8) is 0 Å². The molecule has 0 spiro atoms. The van der Waals surface area contributed by atoms with Crippen molar-refractivity contribution in [2.45, 2.75) is 163 Å². The molecule has 0 aromatic carbocycles. The van der Waals surface area contributed by atoms with Crippen LogP contribution in [0.1, 0.15) is 78.1 Å². The molecule has 3 heterocycles. The Hall–Kier alpha value is -3.40. The minimum atomic E-state index is -2.29. The highest BCUT2D eigenvalue weighted by atomic mass is 16.7. The molecular weight excluding hydrogens is 812 g/mol. The minimum absolute atomic E-state index is 0.0398. The van der Waals surface area contributed by atoms with Crippen molar-refractivity contribution in [1.82, 2.24) is 0 Å². The number of aliphatic hydroxyl groups excluding tert-OH is 9. The van der Waals surface area contributed by atoms with E-state index in [0.29, 0.717) is 0 Å². The SMILES string of the molecule is C[C@H]1C[C@H](O)[C@@H](C)\C=C/C=C\C=C/C=C\C=C/C=C\C=C/C(OC2OC[C@@H](O)C[C@@H]2O)C[C@@H]2OC(O)(CC(O)CC(O)C(O)CCC(O)CC(O)CC(=O)O1)C[C@H](O)[C@H]2C(=O)O. The van der Waals surface area contributed by atoms with E-state index in [0.717, 1.165) is 0 Å². The van der Waals surface area contributed by atoms with E-state index in [4.69, 9.17) is 18.9 Å². The summed E-state index contributed by atoms with van der Waals surface area (Å²) < 4.78 is 22.7. The van der Waals surface area contributed by atoms with Gasteiger partial charge in [0.1, 0.15) is 18.1 Å². The van der Waals surface area contributed by atoms with Gasteiger partial charge in [-0.1, -0.05) is 92.0 Å². The number of ether oxygens (including phenoxy) is 4. The summed E-state index contributed by atoms with van der Waals surface area (Å²) in [6.07, 6.45) is 5.77. The first-order chi connectivity index (χ1) is 29.3. The Kier molecular flexibility index (Phi) is 23.1. The van der Waals surface area contributed by atoms with Crippen LogP contribution in [0.15, 0.2) is 85.1 Å². The highest BCUT2D eigenvalue weighted by Gasteiger charge is 2.50. The average Bonchev–Trinajstić information content (AvgIpc) is 3.16. The first kappa shape index (κ1) is 52.9. The molecule has 0 aliphatic carbocycles. The maximum atomic E-state index is 12.5. The number of rotatable bonds is 3. The van der Waals surface area contributed by atoms with E-state index in [-0.39, 0.29) is 51.0 Å². The quantitative estimate of drug-likeness (QED) is 0.177. The fraction of sp³-hybridized carbons (Fsp3) is 0.644. The number of carbonyl (C=O) groups excluding carboxylic acids is 1. The average molecular weight is 881 g/mol. The molecule has 350 valence electrons. The van der Waals surface area contributed by atoms with Crippen LogP contribution in [0.25, 0.3) is 0 Å². The van der Waals surface area contributed by atoms with Crippen molar-refractivity contribution in [3.8, 4) is 0 Å². The van der Waals surface area contributed by atoms with Gasteiger partial charge in [-0.3, -0.25) is 9.59 Å². The van der Waals surface area contributed by atoms with Crippen LogP contribution in [-0.4, -0.2) is 160 Å². The monoisotopic (exact) mass is 880 g/mol. The van der Waals surface area contributed by atoms with Gasteiger partial charge < -0.3 is 75.1 Å². The van der Waals surface area contributed by atoms with E-state index in [1.54, 1.807) is 73.8 Å². The van der Waals surface area contributed by atoms with E-state index >= 15 is 0 Å². The molecule has 3 rings (SSSR count). The lowest BCUT2D eigenvalue weighted by Gasteiger charge is -2.44. The molecule has 62 heavy (non-hydrogen) atoms. The normalized spacial score (nSPS) is 43.5. The topological polar surface area (TPSA) is 294 Å². The summed E-state index contributed by atoms with van der Waals surface area (Å²) >= 11 is 0. The molecule has 16 atom stereocenters. The van der Waals surface area contributed by atoms with Crippen LogP contribution in [0.4, 0.5) is 0 Å². The van der Waals surface area contributed by atoms with E-state index in [2.05, 4.69) is 0 Å². The molecule has 2 bridgehead atoms. The Morgan fingerprint density at radius 2 is 1.21 bits per heavy atom. The van der Waals surface area contributed by atoms with Gasteiger partial charge in [-0.25, -0.2) is 0 Å². The number of carboxylic acids is 1. The smallest absolute Gasteiger partial charge is 0.311 e. The van der Waals surface area contributed by atoms with Gasteiger partial charge in [0.2, 0.25) is 0 Å². The van der Waals surface area contributed by atoms with Crippen molar-refractivity contribution in [2.75, 3.05) is 6.61 Å². The largest absolute Gasteiger partial charge is 0.481 e. The second-order valence-corrected chi connectivity index (χ2v) is 16.5. The van der Waals surface area contributed by atoms with Gasteiger partial charge in [0.05, 0.1) is 74.1 Å². The molecule has 8 unspecified atom stereocenters. The number of hydrogen-bond donors (Lipinski definition) is 11. The van der Waals surface area contributed by atoms with Gasteiger partial charge in [0, 0.05) is 44.4 Å². The molecule has 0 saturated carbocycles. The first-order valence-corrected chi connectivity index (χ1v) is 21.3. The predicted octanol–water partition coefficient (Wildman–Crippen LogP) is 1.14. The molecule has 17 heteroatoms. The fourth-order valence-electron chi connectivity index (χ4n) is 7.46. The van der Waals surface area contributed by atoms with Crippen LogP contribution < -0.4 is 0 Å². The Morgan fingerprint density at radius 1 is 0.629 bits per heavy atom. The van der Waals surface area contributed by atoms with Crippen molar-refractivity contribution in [3.05, 3.63) is 85.1 Å². The van der Waals surface area contributed by atoms with Crippen LogP contribution in [0.3, 0.4) is 0 Å². The molecule has 3 aliphatic heterocycles. The number of allylic oxidation sites excluding steroid dienone is 12. The van der Waals surface area contributed by atoms with Crippen LogP contribution >= 0.6 is 0 Å². The number of aliphatic carboxylic acids is 1. The van der Waals surface area contributed by atoms with Gasteiger partial charge in [0.15, 0.2) is 12.1 Å².